The first-order valence-corrected chi connectivity index (χ1v) is 9.96. The number of carbonyl (C=O) groups is 2. The highest BCUT2D eigenvalue weighted by Gasteiger charge is 2.10. The average molecular weight is 422 g/mol. The van der Waals surface area contributed by atoms with Gasteiger partial charge in [-0.3, -0.25) is 14.9 Å². The molecule has 6 nitrogen and oxygen atoms in total. The maximum Gasteiger partial charge on any atom is 0.257 e. The molecule has 3 rings (SSSR count). The molecule has 0 fully saturated rings. The number of hydrogen-bond acceptors (Lipinski definition) is 4. The number of rotatable bonds is 6. The molecule has 2 aromatic carbocycles. The summed E-state index contributed by atoms with van der Waals surface area (Å²) in [6.45, 7) is 4.52. The van der Waals surface area contributed by atoms with Crippen LogP contribution in [0.15, 0.2) is 71.3 Å². The molecule has 0 atom stereocenters. The van der Waals surface area contributed by atoms with Crippen molar-refractivity contribution in [2.75, 3.05) is 5.32 Å². The molecular formula is C23H23N3O3S. The largest absolute Gasteiger partial charge is 0.467 e. The zero-order valence-electron chi connectivity index (χ0n) is 16.8. The Morgan fingerprint density at radius 1 is 0.933 bits per heavy atom. The number of hydrogen-bond donors (Lipinski definition) is 3. The molecular weight excluding hydrogens is 398 g/mol. The summed E-state index contributed by atoms with van der Waals surface area (Å²) >= 11 is 5.22. The van der Waals surface area contributed by atoms with E-state index >= 15 is 0 Å². The molecule has 0 unspecified atom stereocenters. The average Bonchev–Trinajstić information content (AvgIpc) is 3.26. The predicted octanol–water partition coefficient (Wildman–Crippen LogP) is 4.46. The molecule has 0 saturated heterocycles. The van der Waals surface area contributed by atoms with Gasteiger partial charge in [-0.1, -0.05) is 26.0 Å². The molecule has 0 bridgehead atoms. The number of thiocarbonyl (C=S) groups is 1. The van der Waals surface area contributed by atoms with Gasteiger partial charge in [-0.25, -0.2) is 0 Å². The van der Waals surface area contributed by atoms with Gasteiger partial charge in [-0.05, 0) is 72.2 Å². The highest BCUT2D eigenvalue weighted by Crippen LogP contribution is 2.15. The van der Waals surface area contributed by atoms with Gasteiger partial charge in [0.25, 0.3) is 11.8 Å². The zero-order chi connectivity index (χ0) is 21.5. The van der Waals surface area contributed by atoms with Crippen molar-refractivity contribution in [1.82, 2.24) is 10.6 Å². The van der Waals surface area contributed by atoms with Gasteiger partial charge in [0.05, 0.1) is 12.8 Å². The Kier molecular flexibility index (Phi) is 6.98. The number of benzene rings is 2. The topological polar surface area (TPSA) is 83.4 Å². The second-order valence-electron chi connectivity index (χ2n) is 7.02. The second-order valence-corrected chi connectivity index (χ2v) is 7.43. The fourth-order valence-electron chi connectivity index (χ4n) is 2.74. The van der Waals surface area contributed by atoms with Gasteiger partial charge in [0.2, 0.25) is 0 Å². The van der Waals surface area contributed by atoms with Crippen LogP contribution in [0.2, 0.25) is 0 Å². The van der Waals surface area contributed by atoms with E-state index in [0.29, 0.717) is 35.0 Å². The van der Waals surface area contributed by atoms with E-state index in [1.54, 1.807) is 54.8 Å². The Labute approximate surface area is 180 Å². The minimum absolute atomic E-state index is 0.183. The highest BCUT2D eigenvalue weighted by atomic mass is 32.1. The van der Waals surface area contributed by atoms with E-state index in [4.69, 9.17) is 16.6 Å². The molecule has 0 aliphatic carbocycles. The summed E-state index contributed by atoms with van der Waals surface area (Å²) in [7, 11) is 0. The monoisotopic (exact) mass is 421 g/mol. The SMILES string of the molecule is CC(C)c1ccc(C(=O)NC(=S)Nc2ccc(C(=O)NCc3ccco3)cc2)cc1. The van der Waals surface area contributed by atoms with Crippen LogP contribution < -0.4 is 16.0 Å². The van der Waals surface area contributed by atoms with Crippen molar-refractivity contribution in [3.8, 4) is 0 Å². The quantitative estimate of drug-likeness (QED) is 0.512. The first kappa shape index (κ1) is 21.3. The van der Waals surface area contributed by atoms with Crippen LogP contribution in [0, 0.1) is 0 Å². The van der Waals surface area contributed by atoms with Crippen molar-refractivity contribution in [3.63, 3.8) is 0 Å². The maximum atomic E-state index is 12.3. The van der Waals surface area contributed by atoms with Crippen LogP contribution in [0.5, 0.6) is 0 Å². The fraction of sp³-hybridized carbons (Fsp3) is 0.174. The van der Waals surface area contributed by atoms with E-state index in [9.17, 15) is 9.59 Å². The molecule has 0 aliphatic rings. The lowest BCUT2D eigenvalue weighted by atomic mass is 10.0. The summed E-state index contributed by atoms with van der Waals surface area (Å²) < 4.78 is 5.19. The number of amides is 2. The third kappa shape index (κ3) is 5.78. The summed E-state index contributed by atoms with van der Waals surface area (Å²) in [5.41, 5.74) is 2.87. The van der Waals surface area contributed by atoms with E-state index < -0.39 is 0 Å². The van der Waals surface area contributed by atoms with E-state index in [-0.39, 0.29) is 16.9 Å². The van der Waals surface area contributed by atoms with Crippen molar-refractivity contribution in [2.24, 2.45) is 0 Å². The second kappa shape index (κ2) is 9.84. The first-order chi connectivity index (χ1) is 14.4. The summed E-state index contributed by atoms with van der Waals surface area (Å²) in [6.07, 6.45) is 1.56. The van der Waals surface area contributed by atoms with Crippen LogP contribution in [0.25, 0.3) is 0 Å². The van der Waals surface area contributed by atoms with Gasteiger partial charge >= 0.3 is 0 Å². The van der Waals surface area contributed by atoms with Crippen LogP contribution in [-0.4, -0.2) is 16.9 Å². The summed E-state index contributed by atoms with van der Waals surface area (Å²) in [4.78, 5) is 24.5. The van der Waals surface area contributed by atoms with E-state index in [1.165, 1.54) is 5.56 Å². The Morgan fingerprint density at radius 2 is 1.57 bits per heavy atom. The van der Waals surface area contributed by atoms with E-state index in [0.717, 1.165) is 0 Å². The molecule has 30 heavy (non-hydrogen) atoms. The summed E-state index contributed by atoms with van der Waals surface area (Å²) in [6, 6.07) is 17.8. The van der Waals surface area contributed by atoms with Gasteiger partial charge in [-0.15, -0.1) is 0 Å². The third-order valence-corrected chi connectivity index (χ3v) is 4.68. The van der Waals surface area contributed by atoms with Crippen LogP contribution in [-0.2, 0) is 6.54 Å². The number of anilines is 1. The van der Waals surface area contributed by atoms with Gasteiger partial charge in [0.1, 0.15) is 5.76 Å². The van der Waals surface area contributed by atoms with Crippen molar-refractivity contribution in [1.29, 1.82) is 0 Å². The molecule has 0 spiro atoms. The van der Waals surface area contributed by atoms with Crippen molar-refractivity contribution >= 4 is 34.8 Å². The molecule has 3 N–H and O–H groups in total. The predicted molar refractivity (Wildman–Crippen MR) is 121 cm³/mol. The minimum atomic E-state index is -0.281. The summed E-state index contributed by atoms with van der Waals surface area (Å²) in [5.74, 6) is 0.594. The lowest BCUT2D eigenvalue weighted by Gasteiger charge is -2.11. The van der Waals surface area contributed by atoms with Crippen molar-refractivity contribution in [3.05, 3.63) is 89.4 Å². The Balaban J connectivity index is 1.51. The standard InChI is InChI=1S/C23H23N3O3S/c1-15(2)16-5-7-18(8-6-16)22(28)26-23(30)25-19-11-9-17(10-12-19)21(27)24-14-20-4-3-13-29-20/h3-13,15H,14H2,1-2H3,(H,24,27)(H2,25,26,28,30). The maximum absolute atomic E-state index is 12.3. The smallest absolute Gasteiger partial charge is 0.257 e. The van der Waals surface area contributed by atoms with Crippen molar-refractivity contribution in [2.45, 2.75) is 26.3 Å². The Morgan fingerprint density at radius 3 is 2.17 bits per heavy atom. The molecule has 0 radical (unpaired) electrons. The summed E-state index contributed by atoms with van der Waals surface area (Å²) in [5, 5.41) is 8.57. The number of nitrogens with one attached hydrogen (secondary N) is 3. The van der Waals surface area contributed by atoms with Crippen LogP contribution in [0.1, 0.15) is 51.8 Å². The molecule has 1 heterocycles. The molecule has 2 amide bonds. The van der Waals surface area contributed by atoms with E-state index in [2.05, 4.69) is 29.8 Å². The van der Waals surface area contributed by atoms with Crippen LogP contribution in [0.4, 0.5) is 5.69 Å². The number of furan rings is 1. The van der Waals surface area contributed by atoms with Gasteiger partial charge in [-0.2, -0.15) is 0 Å². The lowest BCUT2D eigenvalue weighted by Crippen LogP contribution is -2.34. The van der Waals surface area contributed by atoms with Gasteiger partial charge in [0, 0.05) is 16.8 Å². The molecule has 154 valence electrons. The first-order valence-electron chi connectivity index (χ1n) is 9.55. The highest BCUT2D eigenvalue weighted by molar-refractivity contribution is 7.80. The third-order valence-electron chi connectivity index (χ3n) is 4.47. The Hall–Kier alpha value is -3.45. The van der Waals surface area contributed by atoms with E-state index in [1.807, 2.05) is 12.1 Å². The lowest BCUT2D eigenvalue weighted by molar-refractivity contribution is 0.0946. The molecule has 0 saturated carbocycles. The number of carbonyl (C=O) groups excluding carboxylic acids is 2. The minimum Gasteiger partial charge on any atom is -0.467 e. The van der Waals surface area contributed by atoms with Gasteiger partial charge < -0.3 is 15.1 Å². The molecule has 7 heteroatoms. The van der Waals surface area contributed by atoms with Gasteiger partial charge in [0.15, 0.2) is 5.11 Å². The molecule has 1 aromatic heterocycles. The molecule has 0 aliphatic heterocycles. The van der Waals surface area contributed by atoms with Crippen LogP contribution >= 0.6 is 12.2 Å². The van der Waals surface area contributed by atoms with Crippen molar-refractivity contribution < 1.29 is 14.0 Å². The normalized spacial score (nSPS) is 10.5. The van der Waals surface area contributed by atoms with Crippen LogP contribution in [0.3, 0.4) is 0 Å². The molecule has 3 aromatic rings. The Bertz CT molecular complexity index is 1010. The fourth-order valence-corrected chi connectivity index (χ4v) is 2.96. The zero-order valence-corrected chi connectivity index (χ0v) is 17.6.